The molecule has 0 bridgehead atoms. The van der Waals surface area contributed by atoms with Gasteiger partial charge in [-0.2, -0.15) is 0 Å². The Hall–Kier alpha value is -2.29. The maximum atomic E-state index is 12.1. The molecule has 0 unspecified atom stereocenters. The van der Waals surface area contributed by atoms with Crippen LogP contribution < -0.4 is 10.1 Å². The fourth-order valence-electron chi connectivity index (χ4n) is 2.39. The summed E-state index contributed by atoms with van der Waals surface area (Å²) in [7, 11) is 1.60. The number of methoxy groups -OCH3 is 1. The Morgan fingerprint density at radius 3 is 2.32 bits per heavy atom. The van der Waals surface area contributed by atoms with E-state index in [-0.39, 0.29) is 5.91 Å². The minimum Gasteiger partial charge on any atom is -0.495 e. The first-order valence-corrected chi connectivity index (χ1v) is 7.59. The fourth-order valence-corrected chi connectivity index (χ4v) is 2.39. The van der Waals surface area contributed by atoms with Crippen molar-refractivity contribution in [3.05, 3.63) is 59.7 Å². The van der Waals surface area contributed by atoms with Crippen molar-refractivity contribution in [3.63, 3.8) is 0 Å². The summed E-state index contributed by atoms with van der Waals surface area (Å²) in [6.07, 6.45) is 1.42. The standard InChI is InChI=1S/C19H23NO2/c1-14(2)12-15-8-10-16(11-9-15)13-19(21)20-17-6-4-5-7-18(17)22-3/h4-11,14H,12-13H2,1-3H3,(H,20,21). The van der Waals surface area contributed by atoms with Crippen molar-refractivity contribution >= 4 is 11.6 Å². The van der Waals surface area contributed by atoms with Gasteiger partial charge in [-0.3, -0.25) is 4.79 Å². The molecule has 0 aromatic heterocycles. The molecule has 0 aliphatic heterocycles. The normalized spacial score (nSPS) is 10.5. The minimum absolute atomic E-state index is 0.0406. The van der Waals surface area contributed by atoms with Crippen molar-refractivity contribution in [3.8, 4) is 5.75 Å². The van der Waals surface area contributed by atoms with Crippen molar-refractivity contribution < 1.29 is 9.53 Å². The van der Waals surface area contributed by atoms with Crippen LogP contribution in [0.2, 0.25) is 0 Å². The van der Waals surface area contributed by atoms with E-state index in [2.05, 4.69) is 31.3 Å². The minimum atomic E-state index is -0.0406. The predicted molar refractivity (Wildman–Crippen MR) is 90.3 cm³/mol. The van der Waals surface area contributed by atoms with E-state index in [1.54, 1.807) is 7.11 Å². The van der Waals surface area contributed by atoms with E-state index >= 15 is 0 Å². The topological polar surface area (TPSA) is 38.3 Å². The maximum absolute atomic E-state index is 12.1. The van der Waals surface area contributed by atoms with Gasteiger partial charge < -0.3 is 10.1 Å². The monoisotopic (exact) mass is 297 g/mol. The molecule has 0 saturated carbocycles. The summed E-state index contributed by atoms with van der Waals surface area (Å²) in [6.45, 7) is 4.41. The smallest absolute Gasteiger partial charge is 0.228 e. The highest BCUT2D eigenvalue weighted by Crippen LogP contribution is 2.23. The van der Waals surface area contributed by atoms with Gasteiger partial charge in [0.1, 0.15) is 5.75 Å². The first kappa shape index (κ1) is 16.1. The second-order valence-corrected chi connectivity index (χ2v) is 5.84. The number of rotatable bonds is 6. The number of hydrogen-bond acceptors (Lipinski definition) is 2. The molecule has 3 nitrogen and oxygen atoms in total. The fraction of sp³-hybridized carbons (Fsp3) is 0.316. The van der Waals surface area contributed by atoms with E-state index in [4.69, 9.17) is 4.74 Å². The summed E-state index contributed by atoms with van der Waals surface area (Å²) in [5, 5.41) is 2.89. The van der Waals surface area contributed by atoms with E-state index < -0.39 is 0 Å². The van der Waals surface area contributed by atoms with E-state index in [1.807, 2.05) is 36.4 Å². The summed E-state index contributed by atoms with van der Waals surface area (Å²) in [4.78, 5) is 12.1. The van der Waals surface area contributed by atoms with Gasteiger partial charge >= 0.3 is 0 Å². The lowest BCUT2D eigenvalue weighted by Gasteiger charge is -2.10. The summed E-state index contributed by atoms with van der Waals surface area (Å²) < 4.78 is 5.23. The van der Waals surface area contributed by atoms with Crippen LogP contribution in [0.25, 0.3) is 0 Å². The van der Waals surface area contributed by atoms with Crippen LogP contribution in [0, 0.1) is 5.92 Å². The quantitative estimate of drug-likeness (QED) is 0.872. The second-order valence-electron chi connectivity index (χ2n) is 5.84. The maximum Gasteiger partial charge on any atom is 0.228 e. The molecule has 3 heteroatoms. The Morgan fingerprint density at radius 1 is 1.05 bits per heavy atom. The van der Waals surface area contributed by atoms with E-state index in [0.717, 1.165) is 12.0 Å². The highest BCUT2D eigenvalue weighted by Gasteiger charge is 2.08. The molecular weight excluding hydrogens is 274 g/mol. The molecule has 0 atom stereocenters. The predicted octanol–water partition coefficient (Wildman–Crippen LogP) is 4.07. The molecule has 0 heterocycles. The number of anilines is 1. The van der Waals surface area contributed by atoms with E-state index in [1.165, 1.54) is 5.56 Å². The molecule has 0 aliphatic carbocycles. The summed E-state index contributed by atoms with van der Waals surface area (Å²) in [5.74, 6) is 1.27. The van der Waals surface area contributed by atoms with Crippen LogP contribution in [-0.4, -0.2) is 13.0 Å². The number of hydrogen-bond donors (Lipinski definition) is 1. The molecule has 1 amide bonds. The molecule has 2 aromatic rings. The van der Waals surface area contributed by atoms with Gasteiger partial charge in [0.25, 0.3) is 0 Å². The second kappa shape index (κ2) is 7.64. The summed E-state index contributed by atoms with van der Waals surface area (Å²) in [5.41, 5.74) is 3.02. The third-order valence-corrected chi connectivity index (χ3v) is 3.41. The summed E-state index contributed by atoms with van der Waals surface area (Å²) >= 11 is 0. The van der Waals surface area contributed by atoms with Crippen molar-refractivity contribution in [1.29, 1.82) is 0 Å². The zero-order valence-electron chi connectivity index (χ0n) is 13.4. The molecule has 22 heavy (non-hydrogen) atoms. The zero-order valence-corrected chi connectivity index (χ0v) is 13.4. The number of benzene rings is 2. The molecule has 0 radical (unpaired) electrons. The third kappa shape index (κ3) is 4.62. The van der Waals surface area contributed by atoms with Gasteiger partial charge in [0, 0.05) is 0 Å². The first-order valence-electron chi connectivity index (χ1n) is 7.59. The largest absolute Gasteiger partial charge is 0.495 e. The number of carbonyl (C=O) groups is 1. The number of para-hydroxylation sites is 2. The molecule has 2 rings (SSSR count). The van der Waals surface area contributed by atoms with E-state index in [9.17, 15) is 4.79 Å². The molecule has 0 fully saturated rings. The Kier molecular flexibility index (Phi) is 5.59. The molecule has 0 saturated heterocycles. The van der Waals surface area contributed by atoms with Gasteiger partial charge in [-0.15, -0.1) is 0 Å². The average Bonchev–Trinajstić information content (AvgIpc) is 2.49. The van der Waals surface area contributed by atoms with Crippen LogP contribution in [0.5, 0.6) is 5.75 Å². The third-order valence-electron chi connectivity index (χ3n) is 3.41. The van der Waals surface area contributed by atoms with Crippen LogP contribution in [0.3, 0.4) is 0 Å². The lowest BCUT2D eigenvalue weighted by atomic mass is 10.0. The Bertz CT molecular complexity index is 618. The lowest BCUT2D eigenvalue weighted by molar-refractivity contribution is -0.115. The van der Waals surface area contributed by atoms with Crippen LogP contribution >= 0.6 is 0 Å². The van der Waals surface area contributed by atoms with Crippen LogP contribution in [-0.2, 0) is 17.6 Å². The van der Waals surface area contributed by atoms with Crippen molar-refractivity contribution in [2.75, 3.05) is 12.4 Å². The highest BCUT2D eigenvalue weighted by molar-refractivity contribution is 5.93. The van der Waals surface area contributed by atoms with Crippen molar-refractivity contribution in [2.45, 2.75) is 26.7 Å². The van der Waals surface area contributed by atoms with Gasteiger partial charge in [-0.05, 0) is 35.6 Å². The Labute approximate surface area is 132 Å². The Morgan fingerprint density at radius 2 is 1.68 bits per heavy atom. The van der Waals surface area contributed by atoms with Gasteiger partial charge in [0.15, 0.2) is 0 Å². The summed E-state index contributed by atoms with van der Waals surface area (Å²) in [6, 6.07) is 15.7. The first-order chi connectivity index (χ1) is 10.6. The highest BCUT2D eigenvalue weighted by atomic mass is 16.5. The average molecular weight is 297 g/mol. The van der Waals surface area contributed by atoms with Gasteiger partial charge in [-0.25, -0.2) is 0 Å². The molecule has 1 N–H and O–H groups in total. The van der Waals surface area contributed by atoms with Crippen LogP contribution in [0.15, 0.2) is 48.5 Å². The molecule has 0 aliphatic rings. The lowest BCUT2D eigenvalue weighted by Crippen LogP contribution is -2.15. The van der Waals surface area contributed by atoms with Crippen molar-refractivity contribution in [1.82, 2.24) is 0 Å². The SMILES string of the molecule is COc1ccccc1NC(=O)Cc1ccc(CC(C)C)cc1. The van der Waals surface area contributed by atoms with Gasteiger partial charge in [-0.1, -0.05) is 50.2 Å². The van der Waals surface area contributed by atoms with Crippen molar-refractivity contribution in [2.24, 2.45) is 5.92 Å². The molecule has 116 valence electrons. The van der Waals surface area contributed by atoms with Crippen LogP contribution in [0.4, 0.5) is 5.69 Å². The zero-order chi connectivity index (χ0) is 15.9. The van der Waals surface area contributed by atoms with Gasteiger partial charge in [0.2, 0.25) is 5.91 Å². The Balaban J connectivity index is 1.97. The molecule has 0 spiro atoms. The van der Waals surface area contributed by atoms with E-state index in [0.29, 0.717) is 23.8 Å². The number of carbonyl (C=O) groups excluding carboxylic acids is 1. The number of ether oxygens (including phenoxy) is 1. The number of amides is 1. The molecular formula is C19H23NO2. The van der Waals surface area contributed by atoms with Gasteiger partial charge in [0.05, 0.1) is 19.2 Å². The van der Waals surface area contributed by atoms with Crippen LogP contribution in [0.1, 0.15) is 25.0 Å². The molecule has 2 aromatic carbocycles. The number of nitrogens with one attached hydrogen (secondary N) is 1.